The van der Waals surface area contributed by atoms with Crippen molar-refractivity contribution >= 4 is 11.8 Å². The van der Waals surface area contributed by atoms with Crippen LogP contribution in [-0.2, 0) is 9.59 Å². The monoisotopic (exact) mass is 388 g/mol. The average Bonchev–Trinajstić information content (AvgIpc) is 2.69. The Morgan fingerprint density at radius 1 is 1.11 bits per heavy atom. The topological polar surface area (TPSA) is 64.7 Å². The van der Waals surface area contributed by atoms with Crippen LogP contribution in [0.3, 0.4) is 0 Å². The van der Waals surface area contributed by atoms with Crippen LogP contribution in [0.2, 0.25) is 0 Å². The maximum Gasteiger partial charge on any atom is 0.239 e. The molecule has 0 spiro atoms. The molecule has 1 atom stereocenters. The van der Waals surface area contributed by atoms with Gasteiger partial charge in [-0.2, -0.15) is 0 Å². The molecule has 0 aromatic heterocycles. The smallest absolute Gasteiger partial charge is 0.239 e. The van der Waals surface area contributed by atoms with E-state index in [-0.39, 0.29) is 18.4 Å². The number of nitrogens with zero attached hydrogens (tertiary/aromatic N) is 2. The van der Waals surface area contributed by atoms with E-state index in [1.54, 1.807) is 0 Å². The standard InChI is InChI=1S/C22H36N4O2/c1-18(2)10-11-21(27)24-16-22(28)23-12-7-13-26-15-14-25(3)17-20(26)19-8-5-4-6-9-19/h4-6,8-9,18,20H,7,10-17H2,1-3H3,(H,23,28)(H,24,27)/t20-/m1/s1. The largest absolute Gasteiger partial charge is 0.355 e. The number of likely N-dealkylation sites (N-methyl/N-ethyl adjacent to an activating group) is 1. The third-order valence-corrected chi connectivity index (χ3v) is 5.22. The molecule has 1 heterocycles. The summed E-state index contributed by atoms with van der Waals surface area (Å²) >= 11 is 0. The molecule has 1 aliphatic rings. The highest BCUT2D eigenvalue weighted by atomic mass is 16.2. The quantitative estimate of drug-likeness (QED) is 0.602. The van der Waals surface area contributed by atoms with Crippen LogP contribution in [-0.4, -0.2) is 67.9 Å². The van der Waals surface area contributed by atoms with Gasteiger partial charge in [0.15, 0.2) is 0 Å². The second-order valence-corrected chi connectivity index (χ2v) is 8.14. The van der Waals surface area contributed by atoms with Gasteiger partial charge in [-0.3, -0.25) is 14.5 Å². The molecule has 156 valence electrons. The Morgan fingerprint density at radius 3 is 2.57 bits per heavy atom. The maximum atomic E-state index is 11.9. The zero-order valence-electron chi connectivity index (χ0n) is 17.6. The Labute approximate surface area is 169 Å². The van der Waals surface area contributed by atoms with Gasteiger partial charge in [-0.1, -0.05) is 44.2 Å². The molecular weight excluding hydrogens is 352 g/mol. The Kier molecular flexibility index (Phi) is 9.44. The molecule has 2 rings (SSSR count). The zero-order chi connectivity index (χ0) is 20.4. The lowest BCUT2D eigenvalue weighted by Gasteiger charge is -2.40. The number of carbonyl (C=O) groups excluding carboxylic acids is 2. The molecule has 0 aliphatic carbocycles. The van der Waals surface area contributed by atoms with Crippen molar-refractivity contribution in [2.45, 2.75) is 39.2 Å². The molecule has 28 heavy (non-hydrogen) atoms. The Balaban J connectivity index is 1.67. The van der Waals surface area contributed by atoms with Crippen LogP contribution in [0.15, 0.2) is 30.3 Å². The number of carbonyl (C=O) groups is 2. The van der Waals surface area contributed by atoms with E-state index in [0.29, 0.717) is 24.9 Å². The van der Waals surface area contributed by atoms with Gasteiger partial charge in [0.2, 0.25) is 11.8 Å². The fourth-order valence-corrected chi connectivity index (χ4v) is 3.48. The van der Waals surface area contributed by atoms with Crippen LogP contribution in [0.5, 0.6) is 0 Å². The summed E-state index contributed by atoms with van der Waals surface area (Å²) in [6, 6.07) is 11.0. The second-order valence-electron chi connectivity index (χ2n) is 8.14. The van der Waals surface area contributed by atoms with Crippen molar-refractivity contribution in [1.82, 2.24) is 20.4 Å². The Hall–Kier alpha value is -1.92. The summed E-state index contributed by atoms with van der Waals surface area (Å²) in [6.45, 7) is 8.96. The van der Waals surface area contributed by atoms with Gasteiger partial charge < -0.3 is 15.5 Å². The molecule has 2 N–H and O–H groups in total. The third kappa shape index (κ3) is 7.98. The lowest BCUT2D eigenvalue weighted by molar-refractivity contribution is -0.126. The lowest BCUT2D eigenvalue weighted by Crippen LogP contribution is -2.47. The Morgan fingerprint density at radius 2 is 1.86 bits per heavy atom. The molecule has 1 fully saturated rings. The first-order chi connectivity index (χ1) is 13.5. The van der Waals surface area contributed by atoms with Crippen LogP contribution in [0.1, 0.15) is 44.7 Å². The summed E-state index contributed by atoms with van der Waals surface area (Å²) in [5, 5.41) is 5.61. The molecule has 1 aromatic rings. The summed E-state index contributed by atoms with van der Waals surface area (Å²) in [6.07, 6.45) is 2.23. The number of hydrogen-bond acceptors (Lipinski definition) is 4. The van der Waals surface area contributed by atoms with Crippen LogP contribution >= 0.6 is 0 Å². The van der Waals surface area contributed by atoms with Gasteiger partial charge in [-0.15, -0.1) is 0 Å². The molecule has 0 saturated carbocycles. The fourth-order valence-electron chi connectivity index (χ4n) is 3.48. The van der Waals surface area contributed by atoms with Gasteiger partial charge in [0.1, 0.15) is 0 Å². The minimum Gasteiger partial charge on any atom is -0.355 e. The summed E-state index contributed by atoms with van der Waals surface area (Å²) in [5.41, 5.74) is 1.35. The number of piperazine rings is 1. The van der Waals surface area contributed by atoms with Crippen molar-refractivity contribution in [2.24, 2.45) is 5.92 Å². The highest BCUT2D eigenvalue weighted by Crippen LogP contribution is 2.24. The van der Waals surface area contributed by atoms with Gasteiger partial charge in [0, 0.05) is 45.2 Å². The minimum absolute atomic E-state index is 0.0491. The number of amides is 2. The van der Waals surface area contributed by atoms with E-state index in [2.05, 4.69) is 71.7 Å². The first-order valence-electron chi connectivity index (χ1n) is 10.5. The van der Waals surface area contributed by atoms with E-state index in [4.69, 9.17) is 0 Å². The van der Waals surface area contributed by atoms with Crippen molar-refractivity contribution in [1.29, 1.82) is 0 Å². The van der Waals surface area contributed by atoms with Gasteiger partial charge in [-0.25, -0.2) is 0 Å². The molecule has 0 bridgehead atoms. The first kappa shape index (κ1) is 22.4. The number of nitrogens with one attached hydrogen (secondary N) is 2. The van der Waals surface area contributed by atoms with Crippen LogP contribution in [0.4, 0.5) is 0 Å². The second kappa shape index (κ2) is 11.8. The predicted molar refractivity (Wildman–Crippen MR) is 113 cm³/mol. The summed E-state index contributed by atoms with van der Waals surface area (Å²) in [7, 11) is 2.17. The van der Waals surface area contributed by atoms with E-state index >= 15 is 0 Å². The van der Waals surface area contributed by atoms with Crippen molar-refractivity contribution in [3.63, 3.8) is 0 Å². The molecule has 2 amide bonds. The highest BCUT2D eigenvalue weighted by Gasteiger charge is 2.25. The van der Waals surface area contributed by atoms with E-state index in [1.807, 2.05) is 0 Å². The summed E-state index contributed by atoms with van der Waals surface area (Å²) in [5.74, 6) is 0.330. The van der Waals surface area contributed by atoms with Gasteiger partial charge in [-0.05, 0) is 31.4 Å². The van der Waals surface area contributed by atoms with Crippen LogP contribution in [0.25, 0.3) is 0 Å². The fraction of sp³-hybridized carbons (Fsp3) is 0.636. The van der Waals surface area contributed by atoms with E-state index < -0.39 is 0 Å². The van der Waals surface area contributed by atoms with Crippen molar-refractivity contribution in [3.8, 4) is 0 Å². The number of rotatable bonds is 10. The van der Waals surface area contributed by atoms with Crippen molar-refractivity contribution in [2.75, 3.05) is 46.3 Å². The van der Waals surface area contributed by atoms with E-state index in [0.717, 1.165) is 39.0 Å². The Bertz CT molecular complexity index is 606. The van der Waals surface area contributed by atoms with Crippen LogP contribution in [0, 0.1) is 5.92 Å². The zero-order valence-corrected chi connectivity index (χ0v) is 17.6. The number of benzene rings is 1. The molecule has 6 heteroatoms. The number of hydrogen-bond donors (Lipinski definition) is 2. The highest BCUT2D eigenvalue weighted by molar-refractivity contribution is 5.84. The minimum atomic E-state index is -0.115. The molecular formula is C22H36N4O2. The molecule has 1 saturated heterocycles. The molecule has 6 nitrogen and oxygen atoms in total. The maximum absolute atomic E-state index is 11.9. The predicted octanol–water partition coefficient (Wildman–Crippen LogP) is 2.03. The van der Waals surface area contributed by atoms with Crippen LogP contribution < -0.4 is 10.6 Å². The normalized spacial score (nSPS) is 18.2. The van der Waals surface area contributed by atoms with Crippen molar-refractivity contribution in [3.05, 3.63) is 35.9 Å². The molecule has 0 radical (unpaired) electrons. The first-order valence-corrected chi connectivity index (χ1v) is 10.5. The molecule has 1 aromatic carbocycles. The molecule has 1 aliphatic heterocycles. The molecule has 0 unspecified atom stereocenters. The lowest BCUT2D eigenvalue weighted by atomic mass is 10.0. The van der Waals surface area contributed by atoms with E-state index in [1.165, 1.54) is 5.56 Å². The average molecular weight is 389 g/mol. The van der Waals surface area contributed by atoms with Crippen molar-refractivity contribution < 1.29 is 9.59 Å². The summed E-state index contributed by atoms with van der Waals surface area (Å²) < 4.78 is 0. The van der Waals surface area contributed by atoms with Gasteiger partial charge in [0.25, 0.3) is 0 Å². The van der Waals surface area contributed by atoms with Gasteiger partial charge in [0.05, 0.1) is 6.54 Å². The third-order valence-electron chi connectivity index (χ3n) is 5.22. The van der Waals surface area contributed by atoms with Gasteiger partial charge >= 0.3 is 0 Å². The van der Waals surface area contributed by atoms with E-state index in [9.17, 15) is 9.59 Å². The summed E-state index contributed by atoms with van der Waals surface area (Å²) in [4.78, 5) is 28.5. The SMILES string of the molecule is CC(C)CCC(=O)NCC(=O)NCCCN1CCN(C)C[C@@H]1c1ccccc1.